The van der Waals surface area contributed by atoms with Crippen LogP contribution in [0, 0.1) is 22.7 Å². The van der Waals surface area contributed by atoms with E-state index >= 15 is 0 Å². The molecule has 0 amide bonds. The van der Waals surface area contributed by atoms with Crippen LogP contribution in [0.2, 0.25) is 0 Å². The van der Waals surface area contributed by atoms with E-state index in [9.17, 15) is 5.11 Å². The summed E-state index contributed by atoms with van der Waals surface area (Å²) in [5.41, 5.74) is 11.7. The quantitative estimate of drug-likeness (QED) is 0.233. The van der Waals surface area contributed by atoms with Gasteiger partial charge < -0.3 is 39.0 Å². The van der Waals surface area contributed by atoms with Gasteiger partial charge in [0.2, 0.25) is 0 Å². The number of rotatable bonds is 6. The van der Waals surface area contributed by atoms with Gasteiger partial charge in [-0.15, -0.1) is 0 Å². The van der Waals surface area contributed by atoms with Crippen LogP contribution in [-0.4, -0.2) is 56.1 Å². The molecule has 4 N–H and O–H groups in total. The number of nitrogens with one attached hydrogen (secondary N) is 1. The number of aliphatic hydroxyl groups excluding tert-OH is 1. The summed E-state index contributed by atoms with van der Waals surface area (Å²) in [4.78, 5) is 13.1. The van der Waals surface area contributed by atoms with Gasteiger partial charge in [0.15, 0.2) is 11.2 Å². The number of fused-ring (bicyclic) bond motifs is 4. The highest BCUT2D eigenvalue weighted by atomic mass is 16.5. The fourth-order valence-corrected chi connectivity index (χ4v) is 5.88. The number of anilines is 2. The standard InChI is InChI=1S/C17H18N4O3.C14H16N4O2/c1-10(22)17-20-14-8-19-13-5-7-23-16(13)15(14)21(17)11-2-3-12(4-6-18)24-9-11;15-5-3-10-2-1-9(8-20-10)18-13-11(16)7-17-12-4-6-19-14(12)13/h5,7-8,10-12,22H,2-4,9H2,1H3;4,6-7,9-10H,1-3,8,16H2,(H,17,18)/t10-,11+,12-;9-,10+/m10/s1. The number of nitrogens with two attached hydrogens (primary N) is 1. The Hall–Kier alpha value is -4.69. The van der Waals surface area contributed by atoms with Gasteiger partial charge >= 0.3 is 0 Å². The Labute approximate surface area is 253 Å². The topological polar surface area (TPSA) is 194 Å². The van der Waals surface area contributed by atoms with Gasteiger partial charge in [-0.1, -0.05) is 0 Å². The molecule has 13 nitrogen and oxygen atoms in total. The first kappa shape index (κ1) is 29.4. The molecule has 2 fully saturated rings. The monoisotopic (exact) mass is 598 g/mol. The van der Waals surface area contributed by atoms with Crippen molar-refractivity contribution in [1.29, 1.82) is 10.5 Å². The third-order valence-electron chi connectivity index (χ3n) is 8.10. The zero-order chi connectivity index (χ0) is 30.6. The predicted octanol–water partition coefficient (Wildman–Crippen LogP) is 5.15. The van der Waals surface area contributed by atoms with E-state index < -0.39 is 6.10 Å². The van der Waals surface area contributed by atoms with Crippen LogP contribution in [0.3, 0.4) is 0 Å². The van der Waals surface area contributed by atoms with E-state index in [1.807, 2.05) is 10.6 Å². The largest absolute Gasteiger partial charge is 0.460 e. The number of furan rings is 2. The Kier molecular flexibility index (Phi) is 8.61. The number of hydrogen-bond donors (Lipinski definition) is 3. The van der Waals surface area contributed by atoms with E-state index in [1.165, 1.54) is 0 Å². The minimum atomic E-state index is -0.709. The van der Waals surface area contributed by atoms with Gasteiger partial charge in [-0.25, -0.2) is 4.98 Å². The van der Waals surface area contributed by atoms with Crippen LogP contribution in [0.15, 0.2) is 45.9 Å². The van der Waals surface area contributed by atoms with Gasteiger partial charge in [0.1, 0.15) is 39.7 Å². The Bertz CT molecular complexity index is 1810. The fourth-order valence-electron chi connectivity index (χ4n) is 5.88. The Balaban J connectivity index is 0.000000159. The van der Waals surface area contributed by atoms with E-state index in [0.717, 1.165) is 47.9 Å². The van der Waals surface area contributed by atoms with Crippen LogP contribution in [0.1, 0.15) is 63.4 Å². The van der Waals surface area contributed by atoms with Gasteiger partial charge in [0.25, 0.3) is 0 Å². The molecule has 7 rings (SSSR count). The molecule has 44 heavy (non-hydrogen) atoms. The highest BCUT2D eigenvalue weighted by molar-refractivity contribution is 5.98. The molecule has 228 valence electrons. The first-order valence-corrected chi connectivity index (χ1v) is 14.7. The van der Waals surface area contributed by atoms with Crippen molar-refractivity contribution in [3.63, 3.8) is 0 Å². The van der Waals surface area contributed by atoms with E-state index in [2.05, 4.69) is 32.4 Å². The fraction of sp³-hybridized carbons (Fsp3) is 0.452. The molecule has 0 aromatic carbocycles. The molecular formula is C31H34N8O5. The van der Waals surface area contributed by atoms with Crippen LogP contribution in [0.4, 0.5) is 11.4 Å². The van der Waals surface area contributed by atoms with E-state index in [0.29, 0.717) is 54.2 Å². The number of nitrogens with zero attached hydrogens (tertiary/aromatic N) is 6. The molecule has 0 bridgehead atoms. The molecular weight excluding hydrogens is 564 g/mol. The smallest absolute Gasteiger partial charge is 0.178 e. The number of pyridine rings is 2. The van der Waals surface area contributed by atoms with Crippen molar-refractivity contribution < 1.29 is 23.4 Å². The molecule has 5 aromatic rings. The maximum absolute atomic E-state index is 10.2. The van der Waals surface area contributed by atoms with Crippen LogP contribution >= 0.6 is 0 Å². The van der Waals surface area contributed by atoms with Crippen molar-refractivity contribution in [3.05, 3.63) is 42.9 Å². The SMILES string of the molecule is C[C@@H](O)c1nc2cnc3ccoc3c2n1[C@H]1CC[C@H](CC#N)OC1.N#CC[C@H]1CC[C@H](Nc2c(N)cnc3ccoc23)CO1. The van der Waals surface area contributed by atoms with Crippen molar-refractivity contribution in [3.8, 4) is 12.1 Å². The molecule has 0 radical (unpaired) electrons. The molecule has 0 unspecified atom stereocenters. The number of imidazole rings is 1. The van der Waals surface area contributed by atoms with E-state index in [-0.39, 0.29) is 24.3 Å². The van der Waals surface area contributed by atoms with Gasteiger partial charge in [-0.3, -0.25) is 9.97 Å². The summed E-state index contributed by atoms with van der Waals surface area (Å²) in [7, 11) is 0. The molecule has 0 spiro atoms. The van der Waals surface area contributed by atoms with Gasteiger partial charge in [-0.2, -0.15) is 10.5 Å². The summed E-state index contributed by atoms with van der Waals surface area (Å²) in [5, 5.41) is 31.0. The van der Waals surface area contributed by atoms with Crippen molar-refractivity contribution in [1.82, 2.24) is 19.5 Å². The minimum Gasteiger partial charge on any atom is -0.460 e. The Morgan fingerprint density at radius 3 is 2.25 bits per heavy atom. The van der Waals surface area contributed by atoms with Gasteiger partial charge in [0.05, 0.1) is 87.1 Å². The second-order valence-corrected chi connectivity index (χ2v) is 11.2. The first-order valence-electron chi connectivity index (χ1n) is 14.7. The summed E-state index contributed by atoms with van der Waals surface area (Å²) in [5.74, 6) is 0.586. The lowest BCUT2D eigenvalue weighted by molar-refractivity contribution is -0.00952. The summed E-state index contributed by atoms with van der Waals surface area (Å²) in [6, 6.07) is 8.14. The lowest BCUT2D eigenvalue weighted by atomic mass is 10.0. The number of aliphatic hydroxyl groups is 1. The normalized spacial score (nSPS) is 22.6. The third-order valence-corrected chi connectivity index (χ3v) is 8.10. The Morgan fingerprint density at radius 2 is 1.61 bits per heavy atom. The zero-order valence-corrected chi connectivity index (χ0v) is 24.3. The molecule has 5 atom stereocenters. The molecule has 0 aliphatic carbocycles. The highest BCUT2D eigenvalue weighted by Gasteiger charge is 2.29. The maximum atomic E-state index is 10.2. The molecule has 2 aliphatic rings. The third kappa shape index (κ3) is 5.90. The predicted molar refractivity (Wildman–Crippen MR) is 161 cm³/mol. The summed E-state index contributed by atoms with van der Waals surface area (Å²) in [6.45, 7) is 2.75. The number of nitriles is 2. The van der Waals surface area contributed by atoms with Crippen LogP contribution in [0.5, 0.6) is 0 Å². The summed E-state index contributed by atoms with van der Waals surface area (Å²) in [6.07, 6.45) is 10.2. The summed E-state index contributed by atoms with van der Waals surface area (Å²) >= 11 is 0. The molecule has 13 heteroatoms. The first-order chi connectivity index (χ1) is 21.5. The van der Waals surface area contributed by atoms with Crippen molar-refractivity contribution in [2.75, 3.05) is 24.3 Å². The second-order valence-electron chi connectivity index (χ2n) is 11.2. The van der Waals surface area contributed by atoms with Crippen LogP contribution in [-0.2, 0) is 9.47 Å². The van der Waals surface area contributed by atoms with Crippen LogP contribution < -0.4 is 11.1 Å². The van der Waals surface area contributed by atoms with Crippen molar-refractivity contribution in [2.45, 2.75) is 75.8 Å². The average Bonchev–Trinajstić information content (AvgIpc) is 3.79. The van der Waals surface area contributed by atoms with Crippen molar-refractivity contribution in [2.24, 2.45) is 0 Å². The highest BCUT2D eigenvalue weighted by Crippen LogP contribution is 2.35. The molecule has 2 saturated heterocycles. The Morgan fingerprint density at radius 1 is 0.955 bits per heavy atom. The number of ether oxygens (including phenoxy) is 2. The summed E-state index contributed by atoms with van der Waals surface area (Å²) < 4.78 is 24.6. The molecule has 7 heterocycles. The lowest BCUT2D eigenvalue weighted by Crippen LogP contribution is -2.34. The zero-order valence-electron chi connectivity index (χ0n) is 24.3. The van der Waals surface area contributed by atoms with Gasteiger partial charge in [-0.05, 0) is 32.6 Å². The van der Waals surface area contributed by atoms with E-state index in [1.54, 1.807) is 37.9 Å². The molecule has 2 aliphatic heterocycles. The number of aromatic nitrogens is 4. The van der Waals surface area contributed by atoms with Crippen molar-refractivity contribution >= 4 is 44.6 Å². The number of nitrogen functional groups attached to an aromatic ring is 1. The maximum Gasteiger partial charge on any atom is 0.178 e. The lowest BCUT2D eigenvalue weighted by Gasteiger charge is -2.30. The van der Waals surface area contributed by atoms with Gasteiger partial charge in [0, 0.05) is 18.2 Å². The molecule has 0 saturated carbocycles. The number of hydrogen-bond acceptors (Lipinski definition) is 12. The average molecular weight is 599 g/mol. The van der Waals surface area contributed by atoms with Crippen LogP contribution in [0.25, 0.3) is 33.2 Å². The van der Waals surface area contributed by atoms with E-state index in [4.69, 9.17) is 34.6 Å². The second kappa shape index (κ2) is 12.9. The molecule has 5 aromatic heterocycles. The minimum absolute atomic E-state index is 0.0127.